The first-order chi connectivity index (χ1) is 10.2. The number of methoxy groups -OCH3 is 2. The van der Waals surface area contributed by atoms with E-state index in [1.165, 1.54) is 0 Å². The van der Waals surface area contributed by atoms with Gasteiger partial charge >= 0.3 is 0 Å². The molecule has 1 aliphatic heterocycles. The molecule has 2 rings (SSSR count). The molecule has 0 spiro atoms. The van der Waals surface area contributed by atoms with Crippen molar-refractivity contribution in [3.05, 3.63) is 23.8 Å². The number of likely N-dealkylation sites (tertiary alicyclic amines) is 1. The molecule has 1 aromatic carbocycles. The first-order valence-electron chi connectivity index (χ1n) is 7.30. The highest BCUT2D eigenvalue weighted by Gasteiger charge is 2.30. The Labute approximate surface area is 125 Å². The highest BCUT2D eigenvalue weighted by atomic mass is 16.5. The molecule has 1 fully saturated rings. The first kappa shape index (κ1) is 15.6. The quantitative estimate of drug-likeness (QED) is 0.808. The average molecular weight is 293 g/mol. The lowest BCUT2D eigenvalue weighted by molar-refractivity contribution is -0.136. The van der Waals surface area contributed by atoms with Crippen LogP contribution in [0.1, 0.15) is 31.4 Å². The van der Waals surface area contributed by atoms with Crippen LogP contribution in [0.25, 0.3) is 0 Å². The van der Waals surface area contributed by atoms with Crippen molar-refractivity contribution in [1.82, 2.24) is 4.90 Å². The molecule has 0 radical (unpaired) electrons. The Morgan fingerprint density at radius 3 is 2.71 bits per heavy atom. The molecule has 1 heterocycles. The zero-order chi connectivity index (χ0) is 15.2. The van der Waals surface area contributed by atoms with E-state index in [-0.39, 0.29) is 18.6 Å². The molecule has 0 bridgehead atoms. The van der Waals surface area contributed by atoms with E-state index in [2.05, 4.69) is 0 Å². The number of nitrogens with zero attached hydrogens (tertiary/aromatic N) is 1. The molecular formula is C16H23NO4. The molecule has 1 atom stereocenters. The monoisotopic (exact) mass is 293 g/mol. The highest BCUT2D eigenvalue weighted by molar-refractivity contribution is 5.78. The van der Waals surface area contributed by atoms with E-state index >= 15 is 0 Å². The van der Waals surface area contributed by atoms with Crippen LogP contribution >= 0.6 is 0 Å². The minimum absolute atomic E-state index is 0.0501. The zero-order valence-electron chi connectivity index (χ0n) is 12.9. The molecule has 5 nitrogen and oxygen atoms in total. The summed E-state index contributed by atoms with van der Waals surface area (Å²) in [5, 5.41) is 0. The molecule has 1 aromatic rings. The van der Waals surface area contributed by atoms with Crippen molar-refractivity contribution < 1.29 is 19.0 Å². The summed E-state index contributed by atoms with van der Waals surface area (Å²) >= 11 is 0. The molecule has 0 N–H and O–H groups in total. The van der Waals surface area contributed by atoms with Gasteiger partial charge in [-0.3, -0.25) is 4.79 Å². The summed E-state index contributed by atoms with van der Waals surface area (Å²) in [6.07, 6.45) is 1.98. The predicted octanol–water partition coefficient (Wildman–Crippen LogP) is 2.40. The van der Waals surface area contributed by atoms with E-state index in [4.69, 9.17) is 14.2 Å². The summed E-state index contributed by atoms with van der Waals surface area (Å²) in [6, 6.07) is 5.93. The minimum Gasteiger partial charge on any atom is -0.493 e. The maximum Gasteiger partial charge on any atom is 0.249 e. The first-order valence-corrected chi connectivity index (χ1v) is 7.30. The van der Waals surface area contributed by atoms with Crippen LogP contribution < -0.4 is 9.47 Å². The number of benzene rings is 1. The normalized spacial score (nSPS) is 17.9. The Balaban J connectivity index is 2.17. The van der Waals surface area contributed by atoms with Gasteiger partial charge in [0.25, 0.3) is 0 Å². The maximum absolute atomic E-state index is 12.2. The minimum atomic E-state index is 0.0501. The van der Waals surface area contributed by atoms with Gasteiger partial charge in [0, 0.05) is 13.2 Å². The molecule has 1 aliphatic rings. The van der Waals surface area contributed by atoms with Crippen LogP contribution in [0, 0.1) is 0 Å². The molecule has 0 aromatic heterocycles. The fourth-order valence-electron chi connectivity index (χ4n) is 2.74. The molecule has 1 amide bonds. The lowest BCUT2D eigenvalue weighted by Crippen LogP contribution is -2.33. The van der Waals surface area contributed by atoms with E-state index in [0.717, 1.165) is 24.9 Å². The number of amides is 1. The molecular weight excluding hydrogens is 270 g/mol. The van der Waals surface area contributed by atoms with Gasteiger partial charge in [-0.2, -0.15) is 0 Å². The van der Waals surface area contributed by atoms with Gasteiger partial charge in [-0.05, 0) is 37.5 Å². The van der Waals surface area contributed by atoms with E-state index in [1.54, 1.807) is 14.2 Å². The van der Waals surface area contributed by atoms with Crippen molar-refractivity contribution in [2.45, 2.75) is 25.8 Å². The Morgan fingerprint density at radius 2 is 2.05 bits per heavy atom. The fourth-order valence-corrected chi connectivity index (χ4v) is 2.74. The van der Waals surface area contributed by atoms with Crippen LogP contribution in [0.4, 0.5) is 0 Å². The van der Waals surface area contributed by atoms with Gasteiger partial charge in [0.2, 0.25) is 5.91 Å². The molecule has 1 saturated heterocycles. The maximum atomic E-state index is 12.2. The summed E-state index contributed by atoms with van der Waals surface area (Å²) in [7, 11) is 3.24. The average Bonchev–Trinajstić information content (AvgIpc) is 3.01. The summed E-state index contributed by atoms with van der Waals surface area (Å²) < 4.78 is 15.8. The van der Waals surface area contributed by atoms with Crippen molar-refractivity contribution >= 4 is 5.91 Å². The molecule has 1 unspecified atom stereocenters. The van der Waals surface area contributed by atoms with Crippen LogP contribution in [0.2, 0.25) is 0 Å². The third-order valence-corrected chi connectivity index (χ3v) is 3.80. The molecule has 21 heavy (non-hydrogen) atoms. The lowest BCUT2D eigenvalue weighted by atomic mass is 10.0. The highest BCUT2D eigenvalue weighted by Crippen LogP contribution is 2.36. The Hall–Kier alpha value is -1.75. The number of ether oxygens (including phenoxy) is 3. The van der Waals surface area contributed by atoms with E-state index in [1.807, 2.05) is 30.0 Å². The Bertz CT molecular complexity index is 489. The van der Waals surface area contributed by atoms with Crippen molar-refractivity contribution in [3.63, 3.8) is 0 Å². The molecule has 5 heteroatoms. The van der Waals surface area contributed by atoms with Crippen LogP contribution in [-0.4, -0.2) is 44.8 Å². The molecule has 0 saturated carbocycles. The van der Waals surface area contributed by atoms with Gasteiger partial charge in [0.05, 0.1) is 20.3 Å². The van der Waals surface area contributed by atoms with E-state index < -0.39 is 0 Å². The van der Waals surface area contributed by atoms with Crippen LogP contribution in [0.3, 0.4) is 0 Å². The number of hydrogen-bond donors (Lipinski definition) is 0. The van der Waals surface area contributed by atoms with Gasteiger partial charge in [-0.25, -0.2) is 0 Å². The van der Waals surface area contributed by atoms with Gasteiger partial charge in [-0.1, -0.05) is 6.07 Å². The summed E-state index contributed by atoms with van der Waals surface area (Å²) in [5.74, 6) is 1.44. The Kier molecular flexibility index (Phi) is 5.44. The van der Waals surface area contributed by atoms with Crippen LogP contribution in [0.15, 0.2) is 18.2 Å². The Morgan fingerprint density at radius 1 is 1.29 bits per heavy atom. The van der Waals surface area contributed by atoms with Crippen molar-refractivity contribution in [2.24, 2.45) is 0 Å². The van der Waals surface area contributed by atoms with Gasteiger partial charge in [-0.15, -0.1) is 0 Å². The van der Waals surface area contributed by atoms with E-state index in [0.29, 0.717) is 18.1 Å². The second-order valence-corrected chi connectivity index (χ2v) is 5.00. The predicted molar refractivity (Wildman–Crippen MR) is 79.7 cm³/mol. The number of hydrogen-bond acceptors (Lipinski definition) is 4. The lowest BCUT2D eigenvalue weighted by Gasteiger charge is -2.25. The number of rotatable bonds is 6. The smallest absolute Gasteiger partial charge is 0.249 e. The molecule has 0 aliphatic carbocycles. The van der Waals surface area contributed by atoms with Crippen molar-refractivity contribution in [2.75, 3.05) is 34.0 Å². The number of carbonyl (C=O) groups excluding carboxylic acids is 1. The fraction of sp³-hybridized carbons (Fsp3) is 0.562. The van der Waals surface area contributed by atoms with Gasteiger partial charge in [0.1, 0.15) is 6.61 Å². The largest absolute Gasteiger partial charge is 0.493 e. The second-order valence-electron chi connectivity index (χ2n) is 5.00. The third kappa shape index (κ3) is 3.47. The summed E-state index contributed by atoms with van der Waals surface area (Å²) in [5.41, 5.74) is 1.08. The SMILES string of the molecule is CCOCC(=O)N1CCCC1c1ccc(OC)c(OC)c1. The van der Waals surface area contributed by atoms with Gasteiger partial charge < -0.3 is 19.1 Å². The summed E-state index contributed by atoms with van der Waals surface area (Å²) in [6.45, 7) is 3.38. The zero-order valence-corrected chi connectivity index (χ0v) is 12.9. The molecule has 116 valence electrons. The standard InChI is InChI=1S/C16H23NO4/c1-4-21-11-16(18)17-9-5-6-13(17)12-7-8-14(19-2)15(10-12)20-3/h7-8,10,13H,4-6,9,11H2,1-3H3. The van der Waals surface area contributed by atoms with E-state index in [9.17, 15) is 4.79 Å². The van der Waals surface area contributed by atoms with Crippen LogP contribution in [-0.2, 0) is 9.53 Å². The topological polar surface area (TPSA) is 48.0 Å². The number of carbonyl (C=O) groups is 1. The van der Waals surface area contributed by atoms with Gasteiger partial charge in [0.15, 0.2) is 11.5 Å². The second kappa shape index (κ2) is 7.31. The van der Waals surface area contributed by atoms with Crippen molar-refractivity contribution in [1.29, 1.82) is 0 Å². The third-order valence-electron chi connectivity index (χ3n) is 3.80. The van der Waals surface area contributed by atoms with Crippen molar-refractivity contribution in [3.8, 4) is 11.5 Å². The van der Waals surface area contributed by atoms with Crippen LogP contribution in [0.5, 0.6) is 11.5 Å². The summed E-state index contributed by atoms with van der Waals surface area (Å²) in [4.78, 5) is 14.1.